The molecule has 0 fully saturated rings. The topological polar surface area (TPSA) is 112 Å². The Hall–Kier alpha value is -3.13. The van der Waals surface area contributed by atoms with Crippen LogP contribution in [0.15, 0.2) is 42.6 Å². The molecule has 29 heavy (non-hydrogen) atoms. The summed E-state index contributed by atoms with van der Waals surface area (Å²) in [4.78, 5) is 30.9. The molecule has 1 heterocycles. The second kappa shape index (κ2) is 10.4. The predicted molar refractivity (Wildman–Crippen MR) is 116 cm³/mol. The van der Waals surface area contributed by atoms with Crippen LogP contribution in [0.5, 0.6) is 0 Å². The number of nitrogens with zero attached hydrogens (tertiary/aromatic N) is 2. The van der Waals surface area contributed by atoms with Gasteiger partial charge in [-0.3, -0.25) is 9.78 Å². The maximum Gasteiger partial charge on any atom is 0.315 e. The van der Waals surface area contributed by atoms with Crippen LogP contribution in [0.3, 0.4) is 0 Å². The number of hydrogen-bond donors (Lipinski definition) is 4. The lowest BCUT2D eigenvalue weighted by Gasteiger charge is -2.22. The van der Waals surface area contributed by atoms with E-state index in [9.17, 15) is 9.59 Å². The molecule has 1 aromatic carbocycles. The number of amides is 3. The van der Waals surface area contributed by atoms with Gasteiger partial charge in [0.2, 0.25) is 0 Å². The SMILES string of the molecule is CC(C)NC(=O)NC(CCN(C)C)c1ccc(C(=O)Nc2ccccc2N)nc1. The molecule has 1 atom stereocenters. The number of urea groups is 1. The molecule has 0 saturated carbocycles. The smallest absolute Gasteiger partial charge is 0.315 e. The zero-order valence-electron chi connectivity index (χ0n) is 17.4. The summed E-state index contributed by atoms with van der Waals surface area (Å²) >= 11 is 0. The summed E-state index contributed by atoms with van der Waals surface area (Å²) in [5.41, 5.74) is 8.00. The van der Waals surface area contributed by atoms with Crippen molar-refractivity contribution in [2.24, 2.45) is 0 Å². The third-order valence-electron chi connectivity index (χ3n) is 4.22. The molecule has 0 spiro atoms. The molecule has 2 rings (SSSR count). The highest BCUT2D eigenvalue weighted by molar-refractivity contribution is 6.04. The average Bonchev–Trinajstić information content (AvgIpc) is 2.66. The van der Waals surface area contributed by atoms with Gasteiger partial charge in [-0.25, -0.2) is 4.79 Å². The number of rotatable bonds is 8. The molecular weight excluding hydrogens is 368 g/mol. The highest BCUT2D eigenvalue weighted by atomic mass is 16.2. The maximum absolute atomic E-state index is 12.4. The number of carbonyl (C=O) groups is 2. The third-order valence-corrected chi connectivity index (χ3v) is 4.22. The Morgan fingerprint density at radius 3 is 2.41 bits per heavy atom. The molecule has 0 aliphatic carbocycles. The molecule has 0 bridgehead atoms. The van der Waals surface area contributed by atoms with Crippen molar-refractivity contribution >= 4 is 23.3 Å². The fourth-order valence-corrected chi connectivity index (χ4v) is 2.71. The van der Waals surface area contributed by atoms with Crippen LogP contribution in [0, 0.1) is 0 Å². The van der Waals surface area contributed by atoms with E-state index in [0.717, 1.165) is 12.1 Å². The van der Waals surface area contributed by atoms with Crippen LogP contribution in [0.2, 0.25) is 0 Å². The number of aromatic nitrogens is 1. The van der Waals surface area contributed by atoms with Crippen LogP contribution in [0.1, 0.15) is 42.4 Å². The quantitative estimate of drug-likeness (QED) is 0.511. The number of benzene rings is 1. The fourth-order valence-electron chi connectivity index (χ4n) is 2.71. The molecule has 8 heteroatoms. The highest BCUT2D eigenvalue weighted by Gasteiger charge is 2.17. The van der Waals surface area contributed by atoms with Crippen molar-refractivity contribution in [3.63, 3.8) is 0 Å². The van der Waals surface area contributed by atoms with Gasteiger partial charge in [0.1, 0.15) is 5.69 Å². The van der Waals surface area contributed by atoms with E-state index in [-0.39, 0.29) is 29.7 Å². The molecule has 8 nitrogen and oxygen atoms in total. The van der Waals surface area contributed by atoms with E-state index in [2.05, 4.69) is 25.8 Å². The zero-order chi connectivity index (χ0) is 21.4. The first-order valence-corrected chi connectivity index (χ1v) is 9.60. The molecule has 5 N–H and O–H groups in total. The van der Waals surface area contributed by atoms with Crippen molar-refractivity contribution in [2.45, 2.75) is 32.4 Å². The summed E-state index contributed by atoms with van der Waals surface area (Å²) in [7, 11) is 3.96. The van der Waals surface area contributed by atoms with Gasteiger partial charge in [-0.2, -0.15) is 0 Å². The maximum atomic E-state index is 12.4. The number of pyridine rings is 1. The Balaban J connectivity index is 2.11. The minimum absolute atomic E-state index is 0.0409. The van der Waals surface area contributed by atoms with E-state index in [1.54, 1.807) is 36.5 Å². The lowest BCUT2D eigenvalue weighted by Crippen LogP contribution is -2.42. The Morgan fingerprint density at radius 1 is 1.10 bits per heavy atom. The molecule has 2 aromatic rings. The summed E-state index contributed by atoms with van der Waals surface area (Å²) in [6, 6.07) is 10.1. The number of nitrogens with two attached hydrogens (primary N) is 1. The number of anilines is 2. The van der Waals surface area contributed by atoms with Crippen LogP contribution >= 0.6 is 0 Å². The van der Waals surface area contributed by atoms with Crippen LogP contribution in [-0.4, -0.2) is 48.5 Å². The van der Waals surface area contributed by atoms with Gasteiger partial charge in [0.05, 0.1) is 17.4 Å². The number of para-hydroxylation sites is 2. The van der Waals surface area contributed by atoms with Crippen molar-refractivity contribution in [1.82, 2.24) is 20.5 Å². The molecule has 0 aliphatic heterocycles. The van der Waals surface area contributed by atoms with E-state index < -0.39 is 0 Å². The average molecular weight is 399 g/mol. The Morgan fingerprint density at radius 2 is 1.83 bits per heavy atom. The number of hydrogen-bond acceptors (Lipinski definition) is 5. The van der Waals surface area contributed by atoms with Gasteiger partial charge in [0.25, 0.3) is 5.91 Å². The lowest BCUT2D eigenvalue weighted by atomic mass is 10.1. The largest absolute Gasteiger partial charge is 0.397 e. The predicted octanol–water partition coefficient (Wildman–Crippen LogP) is 2.62. The van der Waals surface area contributed by atoms with Crippen molar-refractivity contribution in [3.05, 3.63) is 53.9 Å². The second-order valence-corrected chi connectivity index (χ2v) is 7.44. The van der Waals surface area contributed by atoms with Gasteiger partial charge in [-0.1, -0.05) is 18.2 Å². The summed E-state index contributed by atoms with van der Waals surface area (Å²) in [6.07, 6.45) is 2.34. The molecule has 3 amide bonds. The molecule has 156 valence electrons. The first-order valence-electron chi connectivity index (χ1n) is 9.60. The standard InChI is InChI=1S/C21H30N6O2/c1-14(2)24-21(29)26-17(11-12-27(3)4)15-9-10-19(23-13-15)20(28)25-18-8-6-5-7-16(18)22/h5-10,13-14,17H,11-12,22H2,1-4H3,(H,25,28)(H2,24,26,29). The van der Waals surface area contributed by atoms with Crippen molar-refractivity contribution in [3.8, 4) is 0 Å². The Kier molecular flexibility index (Phi) is 7.97. The van der Waals surface area contributed by atoms with Crippen molar-refractivity contribution in [1.29, 1.82) is 0 Å². The summed E-state index contributed by atoms with van der Waals surface area (Å²) in [5.74, 6) is -0.343. The van der Waals surface area contributed by atoms with Gasteiger partial charge in [-0.05, 0) is 64.7 Å². The molecule has 0 saturated heterocycles. The van der Waals surface area contributed by atoms with Crippen LogP contribution in [-0.2, 0) is 0 Å². The van der Waals surface area contributed by atoms with E-state index in [1.807, 2.05) is 34.0 Å². The lowest BCUT2D eigenvalue weighted by molar-refractivity contribution is 0.102. The minimum Gasteiger partial charge on any atom is -0.397 e. The molecule has 0 radical (unpaired) electrons. The number of carbonyl (C=O) groups excluding carboxylic acids is 2. The van der Waals surface area contributed by atoms with Gasteiger partial charge >= 0.3 is 6.03 Å². The van der Waals surface area contributed by atoms with Crippen LogP contribution in [0.4, 0.5) is 16.2 Å². The summed E-state index contributed by atoms with van der Waals surface area (Å²) in [5, 5.41) is 8.57. The minimum atomic E-state index is -0.343. The number of nitrogen functional groups attached to an aromatic ring is 1. The van der Waals surface area contributed by atoms with Gasteiger partial charge in [0, 0.05) is 12.2 Å². The van der Waals surface area contributed by atoms with Crippen molar-refractivity contribution < 1.29 is 9.59 Å². The second-order valence-electron chi connectivity index (χ2n) is 7.44. The Bertz CT molecular complexity index is 820. The Labute approximate surface area is 171 Å². The molecule has 1 unspecified atom stereocenters. The molecule has 1 aromatic heterocycles. The third kappa shape index (κ3) is 7.08. The van der Waals surface area contributed by atoms with E-state index in [1.165, 1.54) is 0 Å². The van der Waals surface area contributed by atoms with Crippen LogP contribution < -0.4 is 21.7 Å². The van der Waals surface area contributed by atoms with Gasteiger partial charge in [-0.15, -0.1) is 0 Å². The summed E-state index contributed by atoms with van der Waals surface area (Å²) in [6.45, 7) is 4.61. The van der Waals surface area contributed by atoms with Crippen LogP contribution in [0.25, 0.3) is 0 Å². The highest BCUT2D eigenvalue weighted by Crippen LogP contribution is 2.19. The first-order chi connectivity index (χ1) is 13.8. The van der Waals surface area contributed by atoms with E-state index in [0.29, 0.717) is 17.8 Å². The zero-order valence-corrected chi connectivity index (χ0v) is 17.4. The van der Waals surface area contributed by atoms with E-state index >= 15 is 0 Å². The number of nitrogens with one attached hydrogen (secondary N) is 3. The van der Waals surface area contributed by atoms with E-state index in [4.69, 9.17) is 5.73 Å². The van der Waals surface area contributed by atoms with Gasteiger partial charge in [0.15, 0.2) is 0 Å². The molecule has 0 aliphatic rings. The van der Waals surface area contributed by atoms with Gasteiger partial charge < -0.3 is 26.6 Å². The fraction of sp³-hybridized carbons (Fsp3) is 0.381. The normalized spacial score (nSPS) is 11.9. The first kappa shape index (κ1) is 22.2. The summed E-state index contributed by atoms with van der Waals surface area (Å²) < 4.78 is 0. The van der Waals surface area contributed by atoms with Crippen molar-refractivity contribution in [2.75, 3.05) is 31.7 Å². The molecular formula is C21H30N6O2. The monoisotopic (exact) mass is 398 g/mol.